The topological polar surface area (TPSA) is 149 Å². The zero-order valence-electron chi connectivity index (χ0n) is 28.6. The van der Waals surface area contributed by atoms with Gasteiger partial charge in [0, 0.05) is 41.8 Å². The van der Waals surface area contributed by atoms with Gasteiger partial charge in [-0.25, -0.2) is 19.2 Å². The van der Waals surface area contributed by atoms with Gasteiger partial charge in [-0.15, -0.1) is 45.3 Å². The van der Waals surface area contributed by atoms with E-state index in [1.807, 2.05) is 48.5 Å². The molecule has 56 heavy (non-hydrogen) atoms. The molecule has 0 saturated heterocycles. The van der Waals surface area contributed by atoms with Crippen LogP contribution < -0.4 is 0 Å². The number of carboxylic acids is 4. The molecule has 0 atom stereocenters. The SMILES string of the molecule is O=C(O)c1ccc(-c2cc3c(s2)-c2sc(-c4ccc(C(=O)O)cc4)cc2-c2cc(-c4ccc(C(=O)O)cc4)sc2-c2sc(-c4ccc(C(=O)O)cc4)cc2-3)cc1. The van der Waals surface area contributed by atoms with Crippen molar-refractivity contribution in [2.45, 2.75) is 0 Å². The lowest BCUT2D eigenvalue weighted by Gasteiger charge is -2.12. The van der Waals surface area contributed by atoms with Crippen molar-refractivity contribution in [1.82, 2.24) is 0 Å². The van der Waals surface area contributed by atoms with Gasteiger partial charge in [0.05, 0.1) is 41.8 Å². The Hall–Kier alpha value is -6.44. The van der Waals surface area contributed by atoms with Gasteiger partial charge >= 0.3 is 23.9 Å². The van der Waals surface area contributed by atoms with Crippen LogP contribution in [0.25, 0.3) is 83.5 Å². The molecule has 9 rings (SSSR count). The summed E-state index contributed by atoms with van der Waals surface area (Å²) >= 11 is 6.44. The maximum Gasteiger partial charge on any atom is 0.335 e. The van der Waals surface area contributed by atoms with E-state index >= 15 is 0 Å². The smallest absolute Gasteiger partial charge is 0.335 e. The summed E-state index contributed by atoms with van der Waals surface area (Å²) in [5.74, 6) is -4.01. The molecule has 12 heteroatoms. The van der Waals surface area contributed by atoms with Gasteiger partial charge in [-0.3, -0.25) is 0 Å². The Morgan fingerprint density at radius 3 is 0.643 bits per heavy atom. The van der Waals surface area contributed by atoms with Crippen molar-refractivity contribution in [3.05, 3.63) is 144 Å². The molecule has 4 heterocycles. The quantitative estimate of drug-likeness (QED) is 0.118. The van der Waals surface area contributed by atoms with E-state index in [0.29, 0.717) is 0 Å². The van der Waals surface area contributed by atoms with Crippen molar-refractivity contribution in [3.63, 3.8) is 0 Å². The number of carbonyl (C=O) groups is 4. The standard InChI is InChI=1S/C44H24O8S4/c45-41(46)25-9-1-21(2-10-25)33-17-29-30-18-34(22-3-11-26(12-4-22)42(47)48)55-39(30)40-32(20-36(56-40)24-7-15-28(16-8-24)44(51)52)31-19-35(54-38(31)37(29)53-33)23-5-13-27(14-6-23)43(49)50/h1-20H,(H,45,46)(H,47,48)(H,49,50)(H,51,52). The first kappa shape index (κ1) is 35.3. The summed E-state index contributed by atoms with van der Waals surface area (Å²) in [6.45, 7) is 0. The predicted octanol–water partition coefficient (Wildman–Crippen LogP) is 12.4. The Morgan fingerprint density at radius 1 is 0.304 bits per heavy atom. The van der Waals surface area contributed by atoms with Crippen LogP contribution >= 0.6 is 45.3 Å². The number of aromatic carboxylic acids is 4. The monoisotopic (exact) mass is 808 g/mol. The third-order valence-corrected chi connectivity index (χ3v) is 14.7. The Kier molecular flexibility index (Phi) is 8.63. The highest BCUT2D eigenvalue weighted by molar-refractivity contribution is 7.28. The number of hydrogen-bond acceptors (Lipinski definition) is 8. The maximum atomic E-state index is 11.7. The number of rotatable bonds is 8. The molecular weight excluding hydrogens is 785 g/mol. The van der Waals surface area contributed by atoms with Crippen LogP contribution in [0.3, 0.4) is 0 Å². The van der Waals surface area contributed by atoms with Crippen LogP contribution in [0.1, 0.15) is 41.4 Å². The molecule has 0 radical (unpaired) electrons. The van der Waals surface area contributed by atoms with E-state index in [1.54, 1.807) is 93.9 Å². The van der Waals surface area contributed by atoms with Crippen molar-refractivity contribution in [2.75, 3.05) is 0 Å². The highest BCUT2D eigenvalue weighted by Gasteiger charge is 2.31. The molecule has 4 N–H and O–H groups in total. The first-order valence-electron chi connectivity index (χ1n) is 16.9. The summed E-state index contributed by atoms with van der Waals surface area (Å²) in [7, 11) is 0. The number of thiophene rings is 4. The molecule has 1 aliphatic rings. The van der Waals surface area contributed by atoms with E-state index in [-0.39, 0.29) is 22.3 Å². The van der Waals surface area contributed by atoms with Crippen LogP contribution in [-0.4, -0.2) is 44.3 Å². The minimum absolute atomic E-state index is 0.194. The van der Waals surface area contributed by atoms with Crippen molar-refractivity contribution >= 4 is 69.2 Å². The fourth-order valence-electron chi connectivity index (χ4n) is 6.72. The minimum Gasteiger partial charge on any atom is -0.478 e. The zero-order chi connectivity index (χ0) is 38.8. The van der Waals surface area contributed by atoms with Crippen molar-refractivity contribution in [2.24, 2.45) is 0 Å². The van der Waals surface area contributed by atoms with Gasteiger partial charge < -0.3 is 20.4 Å². The van der Waals surface area contributed by atoms with Gasteiger partial charge in [-0.1, -0.05) is 48.5 Å². The van der Waals surface area contributed by atoms with Crippen LogP contribution in [-0.2, 0) is 0 Å². The van der Waals surface area contributed by atoms with Crippen LogP contribution in [0, 0.1) is 0 Å². The minimum atomic E-state index is -1.00. The van der Waals surface area contributed by atoms with Gasteiger partial charge in [-0.05, 0) is 95.1 Å². The number of benzene rings is 4. The third kappa shape index (κ3) is 6.14. The van der Waals surface area contributed by atoms with E-state index in [4.69, 9.17) is 0 Å². The highest BCUT2D eigenvalue weighted by atomic mass is 32.1. The van der Waals surface area contributed by atoms with Gasteiger partial charge in [0.15, 0.2) is 0 Å². The molecule has 0 aliphatic heterocycles. The summed E-state index contributed by atoms with van der Waals surface area (Å²) in [5.41, 5.74) is 8.24. The Balaban J connectivity index is 1.30. The fraction of sp³-hybridized carbons (Fsp3) is 0. The van der Waals surface area contributed by atoms with Crippen LogP contribution in [0.4, 0.5) is 0 Å². The highest BCUT2D eigenvalue weighted by Crippen LogP contribution is 2.60. The summed E-state index contributed by atoms with van der Waals surface area (Å²) in [4.78, 5) is 54.5. The number of carboxylic acid groups (broad SMARTS) is 4. The number of hydrogen-bond donors (Lipinski definition) is 4. The summed E-state index contributed by atoms with van der Waals surface area (Å²) in [6.07, 6.45) is 0. The largest absolute Gasteiger partial charge is 0.478 e. The average molecular weight is 809 g/mol. The van der Waals surface area contributed by atoms with Crippen LogP contribution in [0.5, 0.6) is 0 Å². The maximum absolute atomic E-state index is 11.7. The first-order valence-corrected chi connectivity index (χ1v) is 20.2. The molecule has 8 aromatic rings. The van der Waals surface area contributed by atoms with Crippen molar-refractivity contribution in [1.29, 1.82) is 0 Å². The normalized spacial score (nSPS) is 11.4. The molecular formula is C44H24O8S4. The van der Waals surface area contributed by atoms with Crippen molar-refractivity contribution in [3.8, 4) is 83.5 Å². The van der Waals surface area contributed by atoms with Gasteiger partial charge in [0.25, 0.3) is 0 Å². The lowest BCUT2D eigenvalue weighted by Crippen LogP contribution is -1.94. The van der Waals surface area contributed by atoms with E-state index in [2.05, 4.69) is 24.3 Å². The second-order valence-electron chi connectivity index (χ2n) is 12.9. The van der Waals surface area contributed by atoms with E-state index < -0.39 is 23.9 Å². The first-order chi connectivity index (χ1) is 27.0. The fourth-order valence-corrected chi connectivity index (χ4v) is 11.7. The Bertz CT molecular complexity index is 2380. The third-order valence-electron chi connectivity index (χ3n) is 9.59. The molecule has 4 aromatic carbocycles. The Labute approximate surface area is 334 Å². The van der Waals surface area contributed by atoms with E-state index in [1.165, 1.54) is 0 Å². The molecule has 0 fully saturated rings. The molecule has 8 nitrogen and oxygen atoms in total. The van der Waals surface area contributed by atoms with E-state index in [9.17, 15) is 39.6 Å². The summed E-state index contributed by atoms with van der Waals surface area (Å²) in [6, 6.07) is 35.9. The molecule has 0 amide bonds. The van der Waals surface area contributed by atoms with Gasteiger partial charge in [0.2, 0.25) is 0 Å². The zero-order valence-corrected chi connectivity index (χ0v) is 31.9. The number of fused-ring (bicyclic) bond motifs is 8. The lowest BCUT2D eigenvalue weighted by atomic mass is 9.94. The molecule has 272 valence electrons. The van der Waals surface area contributed by atoms with Crippen LogP contribution in [0.15, 0.2) is 121 Å². The summed E-state index contributed by atoms with van der Waals surface area (Å²) < 4.78 is 0. The molecule has 4 aromatic heterocycles. The van der Waals surface area contributed by atoms with Gasteiger partial charge in [-0.2, -0.15) is 0 Å². The molecule has 0 unspecified atom stereocenters. The Morgan fingerprint density at radius 2 is 0.482 bits per heavy atom. The molecule has 0 bridgehead atoms. The lowest BCUT2D eigenvalue weighted by molar-refractivity contribution is 0.0686. The van der Waals surface area contributed by atoms with Gasteiger partial charge in [0.1, 0.15) is 0 Å². The molecule has 0 saturated carbocycles. The summed E-state index contributed by atoms with van der Waals surface area (Å²) in [5, 5.41) is 38.2. The second kappa shape index (κ2) is 13.7. The van der Waals surface area contributed by atoms with E-state index in [0.717, 1.165) is 83.5 Å². The second-order valence-corrected chi connectivity index (χ2v) is 17.2. The molecule has 0 spiro atoms. The van der Waals surface area contributed by atoms with Crippen LogP contribution in [0.2, 0.25) is 0 Å². The van der Waals surface area contributed by atoms with Crippen molar-refractivity contribution < 1.29 is 39.6 Å². The molecule has 1 aliphatic carbocycles. The average Bonchev–Trinajstić information content (AvgIpc) is 4.02. The predicted molar refractivity (Wildman–Crippen MR) is 223 cm³/mol.